The van der Waals surface area contributed by atoms with Crippen molar-refractivity contribution in [2.24, 2.45) is 0 Å². The van der Waals surface area contributed by atoms with Crippen LogP contribution in [0.5, 0.6) is 5.75 Å². The quantitative estimate of drug-likeness (QED) is 0.791. The average molecular weight is 229 g/mol. The summed E-state index contributed by atoms with van der Waals surface area (Å²) >= 11 is 0. The summed E-state index contributed by atoms with van der Waals surface area (Å²) in [5, 5.41) is 8.60. The van der Waals surface area contributed by atoms with E-state index >= 15 is 0 Å². The van der Waals surface area contributed by atoms with Gasteiger partial charge in [-0.25, -0.2) is 14.4 Å². The first-order valence-electron chi connectivity index (χ1n) is 4.80. The molecule has 1 aromatic heterocycles. The van der Waals surface area contributed by atoms with E-state index in [2.05, 4.69) is 9.97 Å². The Morgan fingerprint density at radius 2 is 2.00 bits per heavy atom. The maximum Gasteiger partial charge on any atom is 0.165 e. The van der Waals surface area contributed by atoms with E-state index in [0.29, 0.717) is 17.0 Å². The number of methoxy groups -OCH3 is 1. The lowest BCUT2D eigenvalue weighted by Crippen LogP contribution is -1.92. The van der Waals surface area contributed by atoms with E-state index in [1.54, 1.807) is 6.07 Å². The van der Waals surface area contributed by atoms with Gasteiger partial charge in [-0.1, -0.05) is 0 Å². The van der Waals surface area contributed by atoms with Crippen LogP contribution in [0.2, 0.25) is 0 Å². The summed E-state index contributed by atoms with van der Waals surface area (Å²) in [5.41, 5.74) is 0.899. The van der Waals surface area contributed by atoms with E-state index in [9.17, 15) is 4.39 Å². The summed E-state index contributed by atoms with van der Waals surface area (Å²) in [4.78, 5) is 7.95. The number of hydrogen-bond donors (Lipinski definition) is 0. The van der Waals surface area contributed by atoms with E-state index in [0.717, 1.165) is 0 Å². The molecule has 0 spiro atoms. The zero-order valence-corrected chi connectivity index (χ0v) is 9.01. The molecular weight excluding hydrogens is 221 g/mol. The summed E-state index contributed by atoms with van der Waals surface area (Å²) in [6.45, 7) is 0. The molecule has 2 aromatic rings. The number of hydrogen-bond acceptors (Lipinski definition) is 4. The number of nitriles is 1. The monoisotopic (exact) mass is 229 g/mol. The van der Waals surface area contributed by atoms with Gasteiger partial charge in [0.1, 0.15) is 6.07 Å². The number of ether oxygens (including phenoxy) is 1. The highest BCUT2D eigenvalue weighted by Crippen LogP contribution is 2.22. The Labute approximate surface area is 97.3 Å². The molecule has 0 unspecified atom stereocenters. The number of aromatic nitrogens is 2. The largest absolute Gasteiger partial charge is 0.494 e. The molecule has 0 N–H and O–H groups in total. The molecule has 0 aliphatic rings. The maximum atomic E-state index is 13.4. The molecule has 0 amide bonds. The lowest BCUT2D eigenvalue weighted by atomic mass is 10.2. The van der Waals surface area contributed by atoms with Crippen LogP contribution in [0.4, 0.5) is 4.39 Å². The molecule has 2 rings (SSSR count). The highest BCUT2D eigenvalue weighted by atomic mass is 19.1. The van der Waals surface area contributed by atoms with E-state index in [1.165, 1.54) is 31.6 Å². The van der Waals surface area contributed by atoms with Gasteiger partial charge in [-0.3, -0.25) is 0 Å². The van der Waals surface area contributed by atoms with Gasteiger partial charge >= 0.3 is 0 Å². The standard InChI is InChI=1S/C12H8FN3O/c1-17-11-3-2-9(4-10(11)13)12-15-6-8(5-14)7-16-12/h2-4,6-7H,1H3. The van der Waals surface area contributed by atoms with Crippen LogP contribution >= 0.6 is 0 Å². The Morgan fingerprint density at radius 3 is 2.53 bits per heavy atom. The number of halogens is 1. The average Bonchev–Trinajstić information content (AvgIpc) is 2.39. The molecule has 0 saturated heterocycles. The van der Waals surface area contributed by atoms with Crippen LogP contribution in [0.25, 0.3) is 11.4 Å². The summed E-state index contributed by atoms with van der Waals surface area (Å²) in [6, 6.07) is 6.37. The van der Waals surface area contributed by atoms with Crippen molar-refractivity contribution in [1.82, 2.24) is 9.97 Å². The topological polar surface area (TPSA) is 58.8 Å². The Kier molecular flexibility index (Phi) is 2.97. The Morgan fingerprint density at radius 1 is 1.29 bits per heavy atom. The van der Waals surface area contributed by atoms with Crippen LogP contribution in [0, 0.1) is 17.1 Å². The maximum absolute atomic E-state index is 13.4. The molecule has 0 fully saturated rings. The lowest BCUT2D eigenvalue weighted by molar-refractivity contribution is 0.386. The molecule has 0 radical (unpaired) electrons. The van der Waals surface area contributed by atoms with Crippen molar-refractivity contribution >= 4 is 0 Å². The molecule has 4 nitrogen and oxygen atoms in total. The van der Waals surface area contributed by atoms with Crippen LogP contribution in [0.3, 0.4) is 0 Å². The summed E-state index contributed by atoms with van der Waals surface area (Å²) < 4.78 is 18.3. The molecule has 1 aromatic carbocycles. The van der Waals surface area contributed by atoms with Gasteiger partial charge in [0.15, 0.2) is 17.4 Å². The molecule has 17 heavy (non-hydrogen) atoms. The molecule has 1 heterocycles. The van der Waals surface area contributed by atoms with Gasteiger partial charge < -0.3 is 4.74 Å². The third-order valence-electron chi connectivity index (χ3n) is 2.19. The van der Waals surface area contributed by atoms with Crippen molar-refractivity contribution in [3.8, 4) is 23.2 Å². The van der Waals surface area contributed by atoms with Crippen LogP contribution < -0.4 is 4.74 Å². The minimum absolute atomic E-state index is 0.169. The van der Waals surface area contributed by atoms with Crippen molar-refractivity contribution in [3.63, 3.8) is 0 Å². The third kappa shape index (κ3) is 2.21. The highest BCUT2D eigenvalue weighted by molar-refractivity contribution is 5.56. The second-order valence-corrected chi connectivity index (χ2v) is 3.26. The van der Waals surface area contributed by atoms with Gasteiger partial charge in [0.05, 0.1) is 12.7 Å². The van der Waals surface area contributed by atoms with Crippen LogP contribution in [0.15, 0.2) is 30.6 Å². The first kappa shape index (κ1) is 11.0. The SMILES string of the molecule is COc1ccc(-c2ncc(C#N)cn2)cc1F. The lowest BCUT2D eigenvalue weighted by Gasteiger charge is -2.03. The minimum Gasteiger partial charge on any atom is -0.494 e. The third-order valence-corrected chi connectivity index (χ3v) is 2.19. The van der Waals surface area contributed by atoms with Crippen molar-refractivity contribution < 1.29 is 9.13 Å². The van der Waals surface area contributed by atoms with Crippen molar-refractivity contribution in [2.75, 3.05) is 7.11 Å². The Balaban J connectivity index is 2.40. The molecule has 0 atom stereocenters. The molecule has 0 bridgehead atoms. The van der Waals surface area contributed by atoms with Crippen molar-refractivity contribution in [3.05, 3.63) is 42.0 Å². The van der Waals surface area contributed by atoms with E-state index in [-0.39, 0.29) is 5.75 Å². The molecule has 5 heteroatoms. The van der Waals surface area contributed by atoms with Gasteiger partial charge in [0, 0.05) is 18.0 Å². The van der Waals surface area contributed by atoms with Crippen LogP contribution in [-0.2, 0) is 0 Å². The highest BCUT2D eigenvalue weighted by Gasteiger charge is 2.07. The predicted molar refractivity (Wildman–Crippen MR) is 58.7 cm³/mol. The first-order valence-corrected chi connectivity index (χ1v) is 4.80. The van der Waals surface area contributed by atoms with Gasteiger partial charge in [0.25, 0.3) is 0 Å². The van der Waals surface area contributed by atoms with Gasteiger partial charge in [0.2, 0.25) is 0 Å². The number of rotatable bonds is 2. The van der Waals surface area contributed by atoms with Crippen LogP contribution in [0.1, 0.15) is 5.56 Å². The van der Waals surface area contributed by atoms with Crippen molar-refractivity contribution in [1.29, 1.82) is 5.26 Å². The molecule has 0 aliphatic carbocycles. The second kappa shape index (κ2) is 4.58. The summed E-state index contributed by atoms with van der Waals surface area (Å²) in [6.07, 6.45) is 2.79. The first-order chi connectivity index (χ1) is 8.24. The summed E-state index contributed by atoms with van der Waals surface area (Å²) in [5.74, 6) is 0.0610. The Hall–Kier alpha value is -2.48. The fraction of sp³-hybridized carbons (Fsp3) is 0.0833. The minimum atomic E-state index is -0.474. The smallest absolute Gasteiger partial charge is 0.165 e. The fourth-order valence-corrected chi connectivity index (χ4v) is 1.34. The normalized spacial score (nSPS) is 9.71. The molecule has 0 saturated carbocycles. The van der Waals surface area contributed by atoms with Gasteiger partial charge in [-0.05, 0) is 18.2 Å². The van der Waals surface area contributed by atoms with Crippen LogP contribution in [-0.4, -0.2) is 17.1 Å². The zero-order chi connectivity index (χ0) is 12.3. The van der Waals surface area contributed by atoms with Gasteiger partial charge in [-0.2, -0.15) is 5.26 Å². The Bertz CT molecular complexity index is 575. The van der Waals surface area contributed by atoms with Crippen molar-refractivity contribution in [2.45, 2.75) is 0 Å². The van der Waals surface area contributed by atoms with E-state index in [4.69, 9.17) is 10.00 Å². The van der Waals surface area contributed by atoms with E-state index < -0.39 is 5.82 Å². The van der Waals surface area contributed by atoms with Gasteiger partial charge in [-0.15, -0.1) is 0 Å². The van der Waals surface area contributed by atoms with E-state index in [1.807, 2.05) is 6.07 Å². The number of benzene rings is 1. The molecule has 0 aliphatic heterocycles. The molecule has 84 valence electrons. The second-order valence-electron chi connectivity index (χ2n) is 3.26. The molecular formula is C12H8FN3O. The summed E-state index contributed by atoms with van der Waals surface area (Å²) in [7, 11) is 1.40. The fourth-order valence-electron chi connectivity index (χ4n) is 1.34. The number of nitrogens with zero attached hydrogens (tertiary/aromatic N) is 3. The zero-order valence-electron chi connectivity index (χ0n) is 9.01. The predicted octanol–water partition coefficient (Wildman–Crippen LogP) is 2.16.